The van der Waals surface area contributed by atoms with Crippen molar-refractivity contribution in [3.8, 4) is 0 Å². The van der Waals surface area contributed by atoms with Gasteiger partial charge in [0, 0.05) is 24.0 Å². The second-order valence-corrected chi connectivity index (χ2v) is 7.26. The number of rotatable bonds is 4. The van der Waals surface area contributed by atoms with Crippen molar-refractivity contribution < 1.29 is 9.90 Å². The quantitative estimate of drug-likeness (QED) is 0.794. The van der Waals surface area contributed by atoms with Gasteiger partial charge in [0.05, 0.1) is 6.04 Å². The minimum absolute atomic E-state index is 0.121. The Bertz CT molecular complexity index is 603. The Morgan fingerprint density at radius 2 is 1.68 bits per heavy atom. The van der Waals surface area contributed by atoms with Gasteiger partial charge in [-0.05, 0) is 43.4 Å². The number of aliphatic hydroxyl groups is 1. The van der Waals surface area contributed by atoms with E-state index in [2.05, 4.69) is 35.0 Å². The molecule has 2 aromatic carbocycles. The molecule has 25 heavy (non-hydrogen) atoms. The van der Waals surface area contributed by atoms with Gasteiger partial charge in [-0.25, -0.2) is 0 Å². The summed E-state index contributed by atoms with van der Waals surface area (Å²) in [6, 6.07) is 20.3. The number of carbonyl (C=O) groups excluding carboxylic acids is 1. The van der Waals surface area contributed by atoms with Crippen molar-refractivity contribution in [3.05, 3.63) is 70.7 Å². The van der Waals surface area contributed by atoms with Gasteiger partial charge in [-0.1, -0.05) is 64.5 Å². The van der Waals surface area contributed by atoms with E-state index in [1.54, 1.807) is 0 Å². The molecule has 0 radical (unpaired) electrons. The average molecular weight is 404 g/mol. The predicted octanol–water partition coefficient (Wildman–Crippen LogP) is 4.82. The van der Waals surface area contributed by atoms with Crippen LogP contribution in [0.1, 0.15) is 37.8 Å². The van der Waals surface area contributed by atoms with E-state index in [-0.39, 0.29) is 18.6 Å². The number of benzene rings is 2. The maximum atomic E-state index is 12.2. The molecule has 1 fully saturated rings. The number of piperidine rings is 1. The molecule has 1 amide bonds. The molecule has 0 bridgehead atoms. The van der Waals surface area contributed by atoms with Crippen LogP contribution < -0.4 is 0 Å². The van der Waals surface area contributed by atoms with E-state index in [0.717, 1.165) is 29.4 Å². The summed E-state index contributed by atoms with van der Waals surface area (Å²) in [5.41, 5.74) is 1.16. The van der Waals surface area contributed by atoms with Crippen LogP contribution in [0.2, 0.25) is 0 Å². The van der Waals surface area contributed by atoms with Crippen molar-refractivity contribution in [1.29, 1.82) is 0 Å². The van der Waals surface area contributed by atoms with Crippen LogP contribution in [0.5, 0.6) is 0 Å². The topological polar surface area (TPSA) is 40.5 Å². The zero-order chi connectivity index (χ0) is 18.1. The van der Waals surface area contributed by atoms with Crippen molar-refractivity contribution in [3.63, 3.8) is 0 Å². The monoisotopic (exact) mass is 403 g/mol. The molecule has 3 nitrogen and oxygen atoms in total. The lowest BCUT2D eigenvalue weighted by Gasteiger charge is -2.36. The van der Waals surface area contributed by atoms with E-state index in [4.69, 9.17) is 5.11 Å². The normalized spacial score (nSPS) is 18.3. The Morgan fingerprint density at radius 3 is 2.16 bits per heavy atom. The van der Waals surface area contributed by atoms with E-state index < -0.39 is 0 Å². The average Bonchev–Trinajstić information content (AvgIpc) is 2.64. The number of likely N-dealkylation sites (tertiary alicyclic amines) is 1. The molecular formula is C21H26BrNO2. The number of aliphatic hydroxyl groups excluding tert-OH is 1. The van der Waals surface area contributed by atoms with Crippen LogP contribution in [0.25, 0.3) is 0 Å². The molecule has 3 rings (SSSR count). The Hall–Kier alpha value is -1.65. The van der Waals surface area contributed by atoms with Crippen molar-refractivity contribution in [2.45, 2.75) is 32.2 Å². The Morgan fingerprint density at radius 1 is 1.12 bits per heavy atom. The van der Waals surface area contributed by atoms with Crippen LogP contribution in [0, 0.1) is 5.92 Å². The number of amides is 1. The molecule has 1 heterocycles. The van der Waals surface area contributed by atoms with Gasteiger partial charge < -0.3 is 10.0 Å². The summed E-state index contributed by atoms with van der Waals surface area (Å²) in [5, 5.41) is 8.95. The number of carbonyl (C=O) groups is 1. The van der Waals surface area contributed by atoms with Gasteiger partial charge in [0.15, 0.2) is 0 Å². The molecule has 0 aliphatic carbocycles. The van der Waals surface area contributed by atoms with Gasteiger partial charge in [0.2, 0.25) is 5.91 Å². The van der Waals surface area contributed by atoms with Gasteiger partial charge in [-0.15, -0.1) is 0 Å². The van der Waals surface area contributed by atoms with Crippen LogP contribution in [-0.4, -0.2) is 29.1 Å². The van der Waals surface area contributed by atoms with Crippen molar-refractivity contribution >= 4 is 21.8 Å². The highest BCUT2D eigenvalue weighted by atomic mass is 79.9. The van der Waals surface area contributed by atoms with Gasteiger partial charge in [-0.3, -0.25) is 4.79 Å². The summed E-state index contributed by atoms with van der Waals surface area (Å²) in [5.74, 6) is 0.561. The molecular weight excluding hydrogens is 378 g/mol. The number of halogens is 1. The molecule has 1 saturated heterocycles. The highest BCUT2D eigenvalue weighted by molar-refractivity contribution is 9.10. The second-order valence-electron chi connectivity index (χ2n) is 6.34. The van der Waals surface area contributed by atoms with Gasteiger partial charge in [-0.2, -0.15) is 0 Å². The first kappa shape index (κ1) is 19.7. The van der Waals surface area contributed by atoms with Crippen molar-refractivity contribution in [2.75, 3.05) is 13.2 Å². The molecule has 1 aliphatic heterocycles. The summed E-state index contributed by atoms with van der Waals surface area (Å²) in [4.78, 5) is 14.2. The summed E-state index contributed by atoms with van der Waals surface area (Å²) in [6.07, 6.45) is 2.31. The van der Waals surface area contributed by atoms with Crippen LogP contribution in [0.15, 0.2) is 65.1 Å². The maximum Gasteiger partial charge on any atom is 0.223 e. The Kier molecular flexibility index (Phi) is 8.16. The molecule has 0 saturated carbocycles. The minimum Gasteiger partial charge on any atom is -0.396 e. The van der Waals surface area contributed by atoms with E-state index in [1.165, 1.54) is 0 Å². The zero-order valence-electron chi connectivity index (χ0n) is 14.6. The second kappa shape index (κ2) is 10.4. The largest absolute Gasteiger partial charge is 0.396 e. The van der Waals surface area contributed by atoms with Gasteiger partial charge >= 0.3 is 0 Å². The van der Waals surface area contributed by atoms with E-state index in [9.17, 15) is 4.79 Å². The summed E-state index contributed by atoms with van der Waals surface area (Å²) in [6.45, 7) is 3.05. The fourth-order valence-electron chi connectivity index (χ4n) is 3.06. The van der Waals surface area contributed by atoms with Crippen LogP contribution in [-0.2, 0) is 4.79 Å². The highest BCUT2D eigenvalue weighted by Gasteiger charge is 2.29. The standard InChI is InChI=1S/C15H20BrNO2.C6H6/c1-11(13-2-4-14(16)5-3-13)17-8-6-12(7-9-18)10-15(17)19;1-2-4-6-5-3-1/h2-5,11-12,18H,6-10H2,1H3;1-6H. The van der Waals surface area contributed by atoms with E-state index >= 15 is 0 Å². The third kappa shape index (κ3) is 6.29. The fourth-order valence-corrected chi connectivity index (χ4v) is 3.32. The molecule has 0 spiro atoms. The fraction of sp³-hybridized carbons (Fsp3) is 0.381. The first-order valence-electron chi connectivity index (χ1n) is 8.77. The van der Waals surface area contributed by atoms with Gasteiger partial charge in [0.25, 0.3) is 0 Å². The predicted molar refractivity (Wildman–Crippen MR) is 105 cm³/mol. The Balaban J connectivity index is 0.000000316. The third-order valence-corrected chi connectivity index (χ3v) is 5.11. The highest BCUT2D eigenvalue weighted by Crippen LogP contribution is 2.29. The first-order valence-corrected chi connectivity index (χ1v) is 9.57. The van der Waals surface area contributed by atoms with Crippen LogP contribution >= 0.6 is 15.9 Å². The molecule has 1 aliphatic rings. The zero-order valence-corrected chi connectivity index (χ0v) is 16.2. The molecule has 2 atom stereocenters. The number of nitrogens with zero attached hydrogens (tertiary/aromatic N) is 1. The molecule has 2 aromatic rings. The Labute approximate surface area is 158 Å². The summed E-state index contributed by atoms with van der Waals surface area (Å²) in [7, 11) is 0. The lowest BCUT2D eigenvalue weighted by molar-refractivity contribution is -0.137. The van der Waals surface area contributed by atoms with Crippen molar-refractivity contribution in [2.24, 2.45) is 5.92 Å². The first-order chi connectivity index (χ1) is 12.1. The third-order valence-electron chi connectivity index (χ3n) is 4.59. The molecule has 4 heteroatoms. The lowest BCUT2D eigenvalue weighted by atomic mass is 9.91. The van der Waals surface area contributed by atoms with E-state index in [1.807, 2.05) is 53.4 Å². The smallest absolute Gasteiger partial charge is 0.223 e. The number of hydrogen-bond acceptors (Lipinski definition) is 2. The van der Waals surface area contributed by atoms with Crippen LogP contribution in [0.3, 0.4) is 0 Å². The molecule has 0 aromatic heterocycles. The lowest BCUT2D eigenvalue weighted by Crippen LogP contribution is -2.40. The molecule has 134 valence electrons. The minimum atomic E-state index is 0.121. The number of hydrogen-bond donors (Lipinski definition) is 1. The van der Waals surface area contributed by atoms with Crippen molar-refractivity contribution in [1.82, 2.24) is 4.90 Å². The van der Waals surface area contributed by atoms with Crippen LogP contribution in [0.4, 0.5) is 0 Å². The van der Waals surface area contributed by atoms with E-state index in [0.29, 0.717) is 12.3 Å². The summed E-state index contributed by atoms with van der Waals surface area (Å²) >= 11 is 3.42. The van der Waals surface area contributed by atoms with Gasteiger partial charge in [0.1, 0.15) is 0 Å². The maximum absolute atomic E-state index is 12.2. The molecule has 2 unspecified atom stereocenters. The SMILES string of the molecule is CC(c1ccc(Br)cc1)N1CCC(CCO)CC1=O.c1ccccc1. The molecule has 1 N–H and O–H groups in total. The summed E-state index contributed by atoms with van der Waals surface area (Å²) < 4.78 is 1.05.